The molecule has 1 aliphatic heterocycles. The van der Waals surface area contributed by atoms with Crippen LogP contribution < -0.4 is 9.47 Å². The van der Waals surface area contributed by atoms with E-state index in [4.69, 9.17) is 14.2 Å². The predicted octanol–water partition coefficient (Wildman–Crippen LogP) is 2.65. The van der Waals surface area contributed by atoms with E-state index < -0.39 is 23.8 Å². The molecule has 23 heavy (non-hydrogen) atoms. The summed E-state index contributed by atoms with van der Waals surface area (Å²) in [4.78, 5) is 24.5. The average molecular weight is 312 g/mol. The number of cyclic esters (lactones) is 2. The second kappa shape index (κ2) is 6.12. The van der Waals surface area contributed by atoms with Crippen LogP contribution in [0.4, 0.5) is 0 Å². The van der Waals surface area contributed by atoms with Crippen molar-refractivity contribution in [2.24, 2.45) is 0 Å². The summed E-state index contributed by atoms with van der Waals surface area (Å²) < 4.78 is 15.6. The van der Waals surface area contributed by atoms with E-state index in [1.165, 1.54) is 14.2 Å². The number of esters is 2. The summed E-state index contributed by atoms with van der Waals surface area (Å²) in [6, 6.07) is 14.4. The van der Waals surface area contributed by atoms with Crippen LogP contribution in [-0.2, 0) is 14.3 Å². The predicted molar refractivity (Wildman–Crippen MR) is 82.6 cm³/mol. The molecule has 5 nitrogen and oxygen atoms in total. The van der Waals surface area contributed by atoms with Crippen LogP contribution in [0.1, 0.15) is 23.0 Å². The van der Waals surface area contributed by atoms with Crippen LogP contribution in [0.2, 0.25) is 0 Å². The summed E-state index contributed by atoms with van der Waals surface area (Å²) in [6.45, 7) is 0. The molecular formula is C18H16O5. The zero-order valence-electron chi connectivity index (χ0n) is 12.8. The van der Waals surface area contributed by atoms with Gasteiger partial charge in [-0.1, -0.05) is 42.5 Å². The van der Waals surface area contributed by atoms with Crippen LogP contribution >= 0.6 is 0 Å². The quantitative estimate of drug-likeness (QED) is 0.641. The lowest BCUT2D eigenvalue weighted by Gasteiger charge is -2.18. The first-order valence-electron chi connectivity index (χ1n) is 7.18. The van der Waals surface area contributed by atoms with E-state index in [2.05, 4.69) is 0 Å². The van der Waals surface area contributed by atoms with Crippen molar-refractivity contribution in [2.45, 2.75) is 11.8 Å². The smallest absolute Gasteiger partial charge is 0.322 e. The molecule has 2 atom stereocenters. The maximum absolute atomic E-state index is 12.3. The van der Waals surface area contributed by atoms with Crippen LogP contribution in [0.3, 0.4) is 0 Å². The Morgan fingerprint density at radius 3 is 2.17 bits per heavy atom. The van der Waals surface area contributed by atoms with E-state index in [1.54, 1.807) is 18.2 Å². The van der Waals surface area contributed by atoms with E-state index >= 15 is 0 Å². The largest absolute Gasteiger partial charge is 0.493 e. The fourth-order valence-electron chi connectivity index (χ4n) is 2.95. The Bertz CT molecular complexity index is 738. The number of hydrogen-bond donors (Lipinski definition) is 0. The van der Waals surface area contributed by atoms with Crippen molar-refractivity contribution in [3.8, 4) is 11.5 Å². The minimum atomic E-state index is -0.755. The van der Waals surface area contributed by atoms with Crippen molar-refractivity contribution in [1.82, 2.24) is 0 Å². The third kappa shape index (κ3) is 2.54. The number of carbonyl (C=O) groups is 2. The molecule has 3 rings (SSSR count). The van der Waals surface area contributed by atoms with E-state index in [0.717, 1.165) is 5.56 Å². The molecule has 1 saturated heterocycles. The Kier molecular flexibility index (Phi) is 4.02. The first-order valence-corrected chi connectivity index (χ1v) is 7.18. The first kappa shape index (κ1) is 15.1. The van der Waals surface area contributed by atoms with Gasteiger partial charge in [0.15, 0.2) is 11.5 Å². The van der Waals surface area contributed by atoms with Gasteiger partial charge in [0.05, 0.1) is 20.1 Å². The molecule has 0 saturated carbocycles. The molecule has 5 heteroatoms. The highest BCUT2D eigenvalue weighted by Crippen LogP contribution is 2.45. The normalized spacial score (nSPS) is 20.3. The van der Waals surface area contributed by atoms with Gasteiger partial charge in [0.1, 0.15) is 5.92 Å². The van der Waals surface area contributed by atoms with Gasteiger partial charge in [-0.05, 0) is 11.6 Å². The summed E-state index contributed by atoms with van der Waals surface area (Å²) >= 11 is 0. The summed E-state index contributed by atoms with van der Waals surface area (Å²) in [5.41, 5.74) is 1.31. The topological polar surface area (TPSA) is 61.8 Å². The minimum absolute atomic E-state index is 0.438. The number of carbonyl (C=O) groups excluding carboxylic acids is 2. The third-order valence-electron chi connectivity index (χ3n) is 3.97. The van der Waals surface area contributed by atoms with Crippen molar-refractivity contribution in [3.63, 3.8) is 0 Å². The van der Waals surface area contributed by atoms with E-state index in [9.17, 15) is 9.59 Å². The van der Waals surface area contributed by atoms with Gasteiger partial charge in [0.2, 0.25) is 0 Å². The second-order valence-electron chi connectivity index (χ2n) is 5.19. The Morgan fingerprint density at radius 2 is 1.52 bits per heavy atom. The molecular weight excluding hydrogens is 296 g/mol. The monoisotopic (exact) mass is 312 g/mol. The van der Waals surface area contributed by atoms with E-state index in [1.807, 2.05) is 30.3 Å². The van der Waals surface area contributed by atoms with Gasteiger partial charge in [-0.3, -0.25) is 9.59 Å². The van der Waals surface area contributed by atoms with Gasteiger partial charge in [-0.2, -0.15) is 0 Å². The summed E-state index contributed by atoms with van der Waals surface area (Å²) in [6.07, 6.45) is 0. The molecule has 0 amide bonds. The lowest BCUT2D eigenvalue weighted by atomic mass is 9.83. The number of methoxy groups -OCH3 is 2. The van der Waals surface area contributed by atoms with Crippen molar-refractivity contribution < 1.29 is 23.8 Å². The van der Waals surface area contributed by atoms with Crippen LogP contribution in [0.5, 0.6) is 11.5 Å². The van der Waals surface area contributed by atoms with Crippen LogP contribution in [0.25, 0.3) is 0 Å². The highest BCUT2D eigenvalue weighted by Gasteiger charge is 2.47. The zero-order valence-corrected chi connectivity index (χ0v) is 12.8. The third-order valence-corrected chi connectivity index (χ3v) is 3.97. The van der Waals surface area contributed by atoms with E-state index in [-0.39, 0.29) is 0 Å². The molecule has 2 aromatic carbocycles. The molecule has 1 aliphatic rings. The van der Waals surface area contributed by atoms with E-state index in [0.29, 0.717) is 17.1 Å². The molecule has 0 N–H and O–H groups in total. The van der Waals surface area contributed by atoms with Gasteiger partial charge in [-0.25, -0.2) is 0 Å². The van der Waals surface area contributed by atoms with Crippen LogP contribution in [0, 0.1) is 0 Å². The average Bonchev–Trinajstić information content (AvgIpc) is 2.88. The molecule has 118 valence electrons. The summed E-state index contributed by atoms with van der Waals surface area (Å²) in [5, 5.41) is 0. The second-order valence-corrected chi connectivity index (χ2v) is 5.19. The Balaban J connectivity index is 2.13. The van der Waals surface area contributed by atoms with Crippen molar-refractivity contribution >= 4 is 11.9 Å². The number of rotatable bonds is 4. The molecule has 0 aliphatic carbocycles. The van der Waals surface area contributed by atoms with Crippen LogP contribution in [-0.4, -0.2) is 26.2 Å². The maximum Gasteiger partial charge on any atom is 0.322 e. The van der Waals surface area contributed by atoms with Gasteiger partial charge in [0.25, 0.3) is 0 Å². The van der Waals surface area contributed by atoms with Gasteiger partial charge in [-0.15, -0.1) is 0 Å². The molecule has 1 fully saturated rings. The molecule has 2 aromatic rings. The van der Waals surface area contributed by atoms with Gasteiger partial charge >= 0.3 is 11.9 Å². The molecule has 0 spiro atoms. The lowest BCUT2D eigenvalue weighted by molar-refractivity contribution is -0.152. The molecule has 0 bridgehead atoms. The standard InChI is InChI=1S/C18H16O5/c1-21-13-10-6-9-12(16(13)22-2)15-14(17(19)23-18(15)20)11-7-4-3-5-8-11/h3-10,14-15H,1-2H3/t14-,15+/m1/s1. The van der Waals surface area contributed by atoms with Crippen molar-refractivity contribution in [3.05, 3.63) is 59.7 Å². The van der Waals surface area contributed by atoms with Gasteiger partial charge in [0, 0.05) is 5.56 Å². The fraction of sp³-hybridized carbons (Fsp3) is 0.222. The molecule has 0 aromatic heterocycles. The summed E-state index contributed by atoms with van der Waals surface area (Å²) in [7, 11) is 3.02. The number of hydrogen-bond acceptors (Lipinski definition) is 5. The molecule has 0 radical (unpaired) electrons. The SMILES string of the molecule is COc1cccc([C@@H]2C(=O)OC(=O)[C@@H]2c2ccccc2)c1OC. The zero-order chi connectivity index (χ0) is 16.4. The highest BCUT2D eigenvalue weighted by molar-refractivity contribution is 6.03. The van der Waals surface area contributed by atoms with Gasteiger partial charge < -0.3 is 14.2 Å². The lowest BCUT2D eigenvalue weighted by Crippen LogP contribution is -2.15. The number of para-hydroxylation sites is 1. The Hall–Kier alpha value is -2.82. The number of ether oxygens (including phenoxy) is 3. The minimum Gasteiger partial charge on any atom is -0.493 e. The number of benzene rings is 2. The first-order chi connectivity index (χ1) is 11.2. The molecule has 1 heterocycles. The summed E-state index contributed by atoms with van der Waals surface area (Å²) in [5.74, 6) is -1.62. The Morgan fingerprint density at radius 1 is 0.826 bits per heavy atom. The maximum atomic E-state index is 12.3. The Labute approximate surface area is 133 Å². The highest BCUT2D eigenvalue weighted by atomic mass is 16.6. The fourth-order valence-corrected chi connectivity index (χ4v) is 2.95. The van der Waals surface area contributed by atoms with Crippen molar-refractivity contribution in [2.75, 3.05) is 14.2 Å². The van der Waals surface area contributed by atoms with Crippen LogP contribution in [0.15, 0.2) is 48.5 Å². The van der Waals surface area contributed by atoms with Crippen molar-refractivity contribution in [1.29, 1.82) is 0 Å². The molecule has 0 unspecified atom stereocenters.